The van der Waals surface area contributed by atoms with Crippen LogP contribution in [0.1, 0.15) is 44.7 Å². The molecule has 0 bridgehead atoms. The van der Waals surface area contributed by atoms with Crippen molar-refractivity contribution in [3.05, 3.63) is 35.4 Å². The van der Waals surface area contributed by atoms with Crippen molar-refractivity contribution in [2.45, 2.75) is 52.3 Å². The van der Waals surface area contributed by atoms with Gasteiger partial charge in [-0.15, -0.1) is 0 Å². The summed E-state index contributed by atoms with van der Waals surface area (Å²) in [7, 11) is 0. The van der Waals surface area contributed by atoms with Gasteiger partial charge in [0.25, 0.3) is 0 Å². The summed E-state index contributed by atoms with van der Waals surface area (Å²) in [6, 6.07) is 5.89. The van der Waals surface area contributed by atoms with Crippen LogP contribution in [-0.4, -0.2) is 12.6 Å². The van der Waals surface area contributed by atoms with Gasteiger partial charge in [-0.1, -0.05) is 45.4 Å². The average molecular weight is 287 g/mol. The van der Waals surface area contributed by atoms with Crippen molar-refractivity contribution in [1.82, 2.24) is 5.32 Å². The lowest BCUT2D eigenvalue weighted by molar-refractivity contribution is -0.137. The van der Waals surface area contributed by atoms with Crippen LogP contribution >= 0.6 is 0 Å². The summed E-state index contributed by atoms with van der Waals surface area (Å²) in [6.07, 6.45) is -1.59. The fraction of sp³-hybridized carbons (Fsp3) is 0.625. The Hall–Kier alpha value is -1.03. The Bertz CT molecular complexity index is 401. The van der Waals surface area contributed by atoms with Crippen LogP contribution in [0.15, 0.2) is 24.3 Å². The molecule has 2 atom stereocenters. The fourth-order valence-electron chi connectivity index (χ4n) is 2.22. The summed E-state index contributed by atoms with van der Waals surface area (Å²) in [6.45, 7) is 7.23. The second-order valence-electron chi connectivity index (χ2n) is 5.35. The molecule has 2 unspecified atom stereocenters. The SMILES string of the molecule is CCCNC(Cc1cccc(C(F)(F)F)c1)C(C)CC. The van der Waals surface area contributed by atoms with Gasteiger partial charge in [0.1, 0.15) is 0 Å². The van der Waals surface area contributed by atoms with Crippen LogP contribution in [0.25, 0.3) is 0 Å². The molecule has 114 valence electrons. The highest BCUT2D eigenvalue weighted by Crippen LogP contribution is 2.30. The lowest BCUT2D eigenvalue weighted by atomic mass is 9.92. The summed E-state index contributed by atoms with van der Waals surface area (Å²) < 4.78 is 38.2. The Morgan fingerprint density at radius 2 is 1.90 bits per heavy atom. The molecule has 1 aromatic carbocycles. The molecule has 1 rings (SSSR count). The van der Waals surface area contributed by atoms with Gasteiger partial charge in [-0.2, -0.15) is 13.2 Å². The van der Waals surface area contributed by atoms with E-state index in [1.165, 1.54) is 12.1 Å². The number of benzene rings is 1. The molecule has 1 nitrogen and oxygen atoms in total. The molecule has 0 heterocycles. The van der Waals surface area contributed by atoms with Crippen molar-refractivity contribution in [3.63, 3.8) is 0 Å². The van der Waals surface area contributed by atoms with Gasteiger partial charge in [0.2, 0.25) is 0 Å². The third kappa shape index (κ3) is 5.16. The van der Waals surface area contributed by atoms with Crippen LogP contribution in [0.4, 0.5) is 13.2 Å². The zero-order valence-electron chi connectivity index (χ0n) is 12.4. The number of alkyl halides is 3. The van der Waals surface area contributed by atoms with Crippen LogP contribution in [0.3, 0.4) is 0 Å². The number of hydrogen-bond donors (Lipinski definition) is 1. The van der Waals surface area contributed by atoms with Gasteiger partial charge in [0.05, 0.1) is 5.56 Å². The van der Waals surface area contributed by atoms with Gasteiger partial charge in [0, 0.05) is 6.04 Å². The van der Waals surface area contributed by atoms with E-state index < -0.39 is 11.7 Å². The monoisotopic (exact) mass is 287 g/mol. The highest BCUT2D eigenvalue weighted by Gasteiger charge is 2.30. The van der Waals surface area contributed by atoms with Gasteiger partial charge in [-0.05, 0) is 36.9 Å². The highest BCUT2D eigenvalue weighted by atomic mass is 19.4. The van der Waals surface area contributed by atoms with Crippen molar-refractivity contribution < 1.29 is 13.2 Å². The lowest BCUT2D eigenvalue weighted by Crippen LogP contribution is -2.37. The summed E-state index contributed by atoms with van der Waals surface area (Å²) >= 11 is 0. The largest absolute Gasteiger partial charge is 0.416 e. The van der Waals surface area contributed by atoms with E-state index in [1.807, 2.05) is 0 Å². The van der Waals surface area contributed by atoms with Gasteiger partial charge in [0.15, 0.2) is 0 Å². The Morgan fingerprint density at radius 1 is 1.20 bits per heavy atom. The average Bonchev–Trinajstić information content (AvgIpc) is 2.42. The van der Waals surface area contributed by atoms with Crippen LogP contribution in [0.5, 0.6) is 0 Å². The van der Waals surface area contributed by atoms with Gasteiger partial charge in [-0.25, -0.2) is 0 Å². The predicted octanol–water partition coefficient (Wildman–Crippen LogP) is 4.66. The lowest BCUT2D eigenvalue weighted by Gasteiger charge is -2.24. The Labute approximate surface area is 119 Å². The van der Waals surface area contributed by atoms with Crippen molar-refractivity contribution in [2.75, 3.05) is 6.54 Å². The smallest absolute Gasteiger partial charge is 0.313 e. The standard InChI is InChI=1S/C16H24F3N/c1-4-9-20-15(12(3)5-2)11-13-7-6-8-14(10-13)16(17,18)19/h6-8,10,12,15,20H,4-5,9,11H2,1-3H3. The van der Waals surface area contributed by atoms with E-state index in [4.69, 9.17) is 0 Å². The van der Waals surface area contributed by atoms with Crippen LogP contribution < -0.4 is 5.32 Å². The molecule has 0 aliphatic rings. The molecule has 0 fully saturated rings. The van der Waals surface area contributed by atoms with Crippen molar-refractivity contribution in [2.24, 2.45) is 5.92 Å². The minimum Gasteiger partial charge on any atom is -0.313 e. The minimum absolute atomic E-state index is 0.225. The summed E-state index contributed by atoms with van der Waals surface area (Å²) in [4.78, 5) is 0. The van der Waals surface area contributed by atoms with E-state index in [-0.39, 0.29) is 6.04 Å². The molecule has 0 amide bonds. The van der Waals surface area contributed by atoms with E-state index >= 15 is 0 Å². The topological polar surface area (TPSA) is 12.0 Å². The second-order valence-corrected chi connectivity index (χ2v) is 5.35. The van der Waals surface area contributed by atoms with E-state index in [2.05, 4.69) is 26.1 Å². The molecular weight excluding hydrogens is 263 g/mol. The zero-order chi connectivity index (χ0) is 15.2. The molecule has 0 aliphatic heterocycles. The van der Waals surface area contributed by atoms with E-state index in [0.717, 1.165) is 31.0 Å². The molecule has 0 radical (unpaired) electrons. The minimum atomic E-state index is -4.27. The van der Waals surface area contributed by atoms with E-state index in [1.54, 1.807) is 6.07 Å². The van der Waals surface area contributed by atoms with Crippen LogP contribution in [0.2, 0.25) is 0 Å². The van der Waals surface area contributed by atoms with Gasteiger partial charge >= 0.3 is 6.18 Å². The first-order chi connectivity index (χ1) is 9.38. The molecule has 0 aliphatic carbocycles. The molecule has 0 aromatic heterocycles. The summed E-state index contributed by atoms with van der Waals surface area (Å²) in [5, 5.41) is 3.45. The molecule has 0 saturated heterocycles. The Balaban J connectivity index is 2.82. The molecule has 1 N–H and O–H groups in total. The second kappa shape index (κ2) is 7.67. The van der Waals surface area contributed by atoms with Gasteiger partial charge in [-0.3, -0.25) is 0 Å². The maximum atomic E-state index is 12.7. The Morgan fingerprint density at radius 3 is 2.45 bits per heavy atom. The maximum absolute atomic E-state index is 12.7. The zero-order valence-corrected chi connectivity index (χ0v) is 12.4. The highest BCUT2D eigenvalue weighted by molar-refractivity contribution is 5.26. The van der Waals surface area contributed by atoms with Crippen molar-refractivity contribution in [1.29, 1.82) is 0 Å². The molecule has 20 heavy (non-hydrogen) atoms. The molecule has 4 heteroatoms. The Kier molecular flexibility index (Phi) is 6.53. The van der Waals surface area contributed by atoms with Crippen molar-refractivity contribution >= 4 is 0 Å². The quantitative estimate of drug-likeness (QED) is 0.769. The van der Waals surface area contributed by atoms with E-state index in [0.29, 0.717) is 12.3 Å². The number of nitrogens with one attached hydrogen (secondary N) is 1. The number of halogens is 3. The van der Waals surface area contributed by atoms with E-state index in [9.17, 15) is 13.2 Å². The number of rotatable bonds is 7. The molecular formula is C16H24F3N. The van der Waals surface area contributed by atoms with Crippen molar-refractivity contribution in [3.8, 4) is 0 Å². The summed E-state index contributed by atoms with van der Waals surface area (Å²) in [5.74, 6) is 0.441. The normalized spacial score (nSPS) is 15.1. The molecule has 0 saturated carbocycles. The van der Waals surface area contributed by atoms with Gasteiger partial charge < -0.3 is 5.32 Å². The first-order valence-corrected chi connectivity index (χ1v) is 7.28. The third-order valence-corrected chi connectivity index (χ3v) is 3.70. The first-order valence-electron chi connectivity index (χ1n) is 7.28. The molecule has 1 aromatic rings. The number of hydrogen-bond acceptors (Lipinski definition) is 1. The summed E-state index contributed by atoms with van der Waals surface area (Å²) in [5.41, 5.74) is 0.183. The first kappa shape index (κ1) is 17.0. The fourth-order valence-corrected chi connectivity index (χ4v) is 2.22. The van der Waals surface area contributed by atoms with Crippen LogP contribution in [-0.2, 0) is 12.6 Å². The predicted molar refractivity (Wildman–Crippen MR) is 76.7 cm³/mol. The third-order valence-electron chi connectivity index (χ3n) is 3.70. The van der Waals surface area contributed by atoms with Crippen LogP contribution in [0, 0.1) is 5.92 Å². The maximum Gasteiger partial charge on any atom is 0.416 e. The molecule has 0 spiro atoms.